The van der Waals surface area contributed by atoms with E-state index in [4.69, 9.17) is 0 Å². The van der Waals surface area contributed by atoms with Gasteiger partial charge in [-0.3, -0.25) is 9.89 Å². The van der Waals surface area contributed by atoms with Crippen LogP contribution in [0.25, 0.3) is 10.9 Å². The summed E-state index contributed by atoms with van der Waals surface area (Å²) in [4.78, 5) is 12.4. The van der Waals surface area contributed by atoms with Crippen molar-refractivity contribution >= 4 is 16.8 Å². The Bertz CT molecular complexity index is 905. The predicted molar refractivity (Wildman–Crippen MR) is 85.1 cm³/mol. The smallest absolute Gasteiger partial charge is 0.405 e. The van der Waals surface area contributed by atoms with Gasteiger partial charge in [-0.25, -0.2) is 0 Å². The van der Waals surface area contributed by atoms with Crippen LogP contribution in [0.15, 0.2) is 48.7 Å². The van der Waals surface area contributed by atoms with Gasteiger partial charge in [0.2, 0.25) is 0 Å². The van der Waals surface area contributed by atoms with Crippen molar-refractivity contribution in [2.75, 3.05) is 0 Å². The quantitative estimate of drug-likeness (QED) is 0.749. The Labute approximate surface area is 140 Å². The zero-order valence-electron chi connectivity index (χ0n) is 13.1. The molecule has 3 aromatic rings. The van der Waals surface area contributed by atoms with E-state index in [1.807, 2.05) is 0 Å². The number of para-hydroxylation sites is 1. The van der Waals surface area contributed by atoms with E-state index in [1.165, 1.54) is 18.2 Å². The molecule has 8 heteroatoms. The first kappa shape index (κ1) is 16.8. The fourth-order valence-corrected chi connectivity index (χ4v) is 2.49. The summed E-state index contributed by atoms with van der Waals surface area (Å²) in [5.74, 6) is -0.752. The summed E-state index contributed by atoms with van der Waals surface area (Å²) in [6.07, 6.45) is -3.17. The topological polar surface area (TPSA) is 67.0 Å². The number of carbonyl (C=O) groups is 1. The lowest BCUT2D eigenvalue weighted by Gasteiger charge is -2.19. The lowest BCUT2D eigenvalue weighted by Crippen LogP contribution is -2.27. The monoisotopic (exact) mass is 349 g/mol. The number of carbonyl (C=O) groups excluding carboxylic acids is 1. The second kappa shape index (κ2) is 6.46. The summed E-state index contributed by atoms with van der Waals surface area (Å²) in [6, 6.07) is 10.0. The van der Waals surface area contributed by atoms with Crippen LogP contribution in [-0.4, -0.2) is 22.5 Å². The number of rotatable bonds is 4. The minimum atomic E-state index is -4.80. The molecule has 3 rings (SSSR count). The summed E-state index contributed by atoms with van der Waals surface area (Å²) in [6.45, 7) is 1.59. The number of amides is 1. The first-order valence-corrected chi connectivity index (χ1v) is 7.42. The molecular weight excluding hydrogens is 335 g/mol. The van der Waals surface area contributed by atoms with E-state index >= 15 is 0 Å². The molecule has 1 atom stereocenters. The lowest BCUT2D eigenvalue weighted by molar-refractivity contribution is -0.275. The van der Waals surface area contributed by atoms with Gasteiger partial charge in [-0.2, -0.15) is 5.10 Å². The highest BCUT2D eigenvalue weighted by atomic mass is 19.4. The zero-order chi connectivity index (χ0) is 18.0. The standard InChI is InChI=1S/C17H14F3N3O2/c1-10(13-4-2-3-5-15(13)25-17(18,19)20)22-16(24)11-6-7-12-9-21-23-14(12)8-11/h2-10H,1H3,(H,21,23)(H,22,24). The van der Waals surface area contributed by atoms with Gasteiger partial charge in [-0.15, -0.1) is 13.2 Å². The average Bonchev–Trinajstić information content (AvgIpc) is 3.01. The summed E-state index contributed by atoms with van der Waals surface area (Å²) < 4.78 is 41.6. The van der Waals surface area contributed by atoms with Gasteiger partial charge >= 0.3 is 6.36 Å². The minimum absolute atomic E-state index is 0.232. The Morgan fingerprint density at radius 1 is 1.24 bits per heavy atom. The molecule has 1 aromatic heterocycles. The molecule has 0 aliphatic rings. The third-order valence-electron chi connectivity index (χ3n) is 3.66. The second-order valence-electron chi connectivity index (χ2n) is 5.45. The van der Waals surface area contributed by atoms with Crippen molar-refractivity contribution < 1.29 is 22.7 Å². The number of nitrogens with one attached hydrogen (secondary N) is 2. The Kier molecular flexibility index (Phi) is 4.35. The maximum Gasteiger partial charge on any atom is 0.573 e. The molecule has 0 bridgehead atoms. The van der Waals surface area contributed by atoms with Crippen LogP contribution in [-0.2, 0) is 0 Å². The van der Waals surface area contributed by atoms with E-state index < -0.39 is 18.3 Å². The summed E-state index contributed by atoms with van der Waals surface area (Å²) in [5.41, 5.74) is 1.30. The molecule has 25 heavy (non-hydrogen) atoms. The molecule has 2 N–H and O–H groups in total. The zero-order valence-corrected chi connectivity index (χ0v) is 13.1. The Hall–Kier alpha value is -3.03. The van der Waals surface area contributed by atoms with Crippen LogP contribution in [0.1, 0.15) is 28.9 Å². The van der Waals surface area contributed by atoms with E-state index in [9.17, 15) is 18.0 Å². The molecule has 1 amide bonds. The number of hydrogen-bond donors (Lipinski definition) is 2. The van der Waals surface area contributed by atoms with E-state index in [0.717, 1.165) is 5.39 Å². The van der Waals surface area contributed by atoms with Crippen LogP contribution in [0.5, 0.6) is 5.75 Å². The van der Waals surface area contributed by atoms with Crippen LogP contribution >= 0.6 is 0 Å². The molecule has 1 heterocycles. The molecule has 0 saturated heterocycles. The van der Waals surface area contributed by atoms with Crippen LogP contribution in [0.2, 0.25) is 0 Å². The van der Waals surface area contributed by atoms with Crippen LogP contribution in [0, 0.1) is 0 Å². The minimum Gasteiger partial charge on any atom is -0.405 e. The van der Waals surface area contributed by atoms with E-state index in [-0.39, 0.29) is 11.3 Å². The highest BCUT2D eigenvalue weighted by Gasteiger charge is 2.32. The summed E-state index contributed by atoms with van der Waals surface area (Å²) >= 11 is 0. The summed E-state index contributed by atoms with van der Waals surface area (Å²) in [5, 5.41) is 10.2. The molecule has 0 radical (unpaired) electrons. The SMILES string of the molecule is CC(NC(=O)c1ccc2cn[nH]c2c1)c1ccccc1OC(F)(F)F. The number of ether oxygens (including phenoxy) is 1. The molecule has 0 saturated carbocycles. The van der Waals surface area contributed by atoms with Crippen molar-refractivity contribution in [2.45, 2.75) is 19.3 Å². The fraction of sp³-hybridized carbons (Fsp3) is 0.176. The van der Waals surface area contributed by atoms with Gasteiger partial charge < -0.3 is 10.1 Å². The van der Waals surface area contributed by atoms with E-state index in [2.05, 4.69) is 20.3 Å². The van der Waals surface area contributed by atoms with Gasteiger partial charge in [0.15, 0.2) is 0 Å². The van der Waals surface area contributed by atoms with Crippen molar-refractivity contribution in [2.24, 2.45) is 0 Å². The maximum atomic E-state index is 12.5. The third-order valence-corrected chi connectivity index (χ3v) is 3.66. The molecule has 5 nitrogen and oxygen atoms in total. The second-order valence-corrected chi connectivity index (χ2v) is 5.45. The molecule has 2 aromatic carbocycles. The predicted octanol–water partition coefficient (Wildman–Crippen LogP) is 3.95. The van der Waals surface area contributed by atoms with Crippen molar-refractivity contribution in [3.05, 3.63) is 59.8 Å². The Morgan fingerprint density at radius 3 is 2.76 bits per heavy atom. The molecule has 0 aliphatic carbocycles. The Morgan fingerprint density at radius 2 is 2.00 bits per heavy atom. The number of nitrogens with zero attached hydrogens (tertiary/aromatic N) is 1. The van der Waals surface area contributed by atoms with Gasteiger partial charge in [-0.05, 0) is 25.1 Å². The normalized spacial score (nSPS) is 12.8. The third kappa shape index (κ3) is 3.90. The Balaban J connectivity index is 1.79. The number of H-pyrrole nitrogens is 1. The highest BCUT2D eigenvalue weighted by molar-refractivity contribution is 5.97. The maximum absolute atomic E-state index is 12.5. The number of fused-ring (bicyclic) bond motifs is 1. The fourth-order valence-electron chi connectivity index (χ4n) is 2.49. The number of halogens is 3. The van der Waals surface area contributed by atoms with Crippen LogP contribution in [0.4, 0.5) is 13.2 Å². The van der Waals surface area contributed by atoms with Crippen LogP contribution < -0.4 is 10.1 Å². The molecule has 0 aliphatic heterocycles. The van der Waals surface area contributed by atoms with E-state index in [0.29, 0.717) is 11.1 Å². The van der Waals surface area contributed by atoms with Crippen molar-refractivity contribution in [3.63, 3.8) is 0 Å². The van der Waals surface area contributed by atoms with Gasteiger partial charge in [0.25, 0.3) is 5.91 Å². The lowest BCUT2D eigenvalue weighted by atomic mass is 10.1. The van der Waals surface area contributed by atoms with Gasteiger partial charge in [0.1, 0.15) is 5.75 Å². The van der Waals surface area contributed by atoms with Crippen molar-refractivity contribution in [1.82, 2.24) is 15.5 Å². The first-order chi connectivity index (χ1) is 11.8. The largest absolute Gasteiger partial charge is 0.573 e. The number of hydrogen-bond acceptors (Lipinski definition) is 3. The molecule has 0 spiro atoms. The number of aromatic nitrogens is 2. The van der Waals surface area contributed by atoms with Crippen molar-refractivity contribution in [3.8, 4) is 5.75 Å². The summed E-state index contributed by atoms with van der Waals surface area (Å²) in [7, 11) is 0. The molecule has 1 unspecified atom stereocenters. The highest BCUT2D eigenvalue weighted by Crippen LogP contribution is 2.30. The van der Waals surface area contributed by atoms with Gasteiger partial charge in [-0.1, -0.05) is 24.3 Å². The van der Waals surface area contributed by atoms with Crippen LogP contribution in [0.3, 0.4) is 0 Å². The van der Waals surface area contributed by atoms with E-state index in [1.54, 1.807) is 37.4 Å². The number of aromatic amines is 1. The first-order valence-electron chi connectivity index (χ1n) is 7.42. The molecule has 0 fully saturated rings. The molecular formula is C17H14F3N3O2. The molecule has 130 valence electrons. The van der Waals surface area contributed by atoms with Gasteiger partial charge in [0.05, 0.1) is 17.8 Å². The number of alkyl halides is 3. The average molecular weight is 349 g/mol. The van der Waals surface area contributed by atoms with Gasteiger partial charge in [0, 0.05) is 16.5 Å². The van der Waals surface area contributed by atoms with Crippen molar-refractivity contribution in [1.29, 1.82) is 0 Å². The number of benzene rings is 2.